The van der Waals surface area contributed by atoms with E-state index < -0.39 is 9.84 Å². The number of nitrogens with zero attached hydrogens (tertiary/aromatic N) is 1. The van der Waals surface area contributed by atoms with E-state index in [9.17, 15) is 12.8 Å². The molecule has 1 aromatic carbocycles. The minimum atomic E-state index is -3.33. The Morgan fingerprint density at radius 1 is 1.23 bits per heavy atom. The van der Waals surface area contributed by atoms with Crippen molar-refractivity contribution in [1.82, 2.24) is 4.98 Å². The van der Waals surface area contributed by atoms with Gasteiger partial charge in [-0.3, -0.25) is 0 Å². The zero-order valence-electron chi connectivity index (χ0n) is 12.2. The lowest BCUT2D eigenvalue weighted by Gasteiger charge is -2.18. The first kappa shape index (κ1) is 15.0. The zero-order chi connectivity index (χ0) is 15.8. The van der Waals surface area contributed by atoms with Crippen LogP contribution in [0.15, 0.2) is 47.5 Å². The molecule has 0 bridgehead atoms. The first-order valence-corrected chi connectivity index (χ1v) is 8.95. The van der Waals surface area contributed by atoms with Crippen LogP contribution < -0.4 is 5.32 Å². The van der Waals surface area contributed by atoms with Crippen molar-refractivity contribution in [2.75, 3.05) is 18.1 Å². The maximum atomic E-state index is 13.0. The van der Waals surface area contributed by atoms with Gasteiger partial charge >= 0.3 is 0 Å². The normalized spacial score (nSPS) is 16.3. The Labute approximate surface area is 129 Å². The molecular formula is C16H17FN2O2S. The lowest BCUT2D eigenvalue weighted by molar-refractivity contribution is 0.601. The number of halogens is 1. The molecule has 2 aromatic rings. The highest BCUT2D eigenvalue weighted by Gasteiger charge is 2.44. The lowest BCUT2D eigenvalue weighted by atomic mass is 9.96. The molecule has 0 unspecified atom stereocenters. The summed E-state index contributed by atoms with van der Waals surface area (Å²) in [4.78, 5) is 4.33. The van der Waals surface area contributed by atoms with E-state index in [-0.39, 0.29) is 16.1 Å². The van der Waals surface area contributed by atoms with Gasteiger partial charge < -0.3 is 5.32 Å². The fraction of sp³-hybridized carbons (Fsp3) is 0.312. The van der Waals surface area contributed by atoms with E-state index in [0.717, 1.165) is 18.4 Å². The molecule has 116 valence electrons. The van der Waals surface area contributed by atoms with Crippen LogP contribution in [0.4, 0.5) is 10.2 Å². The molecule has 0 aliphatic heterocycles. The van der Waals surface area contributed by atoms with Gasteiger partial charge in [-0.15, -0.1) is 0 Å². The van der Waals surface area contributed by atoms with Crippen LogP contribution in [0.5, 0.6) is 0 Å². The van der Waals surface area contributed by atoms with Gasteiger partial charge in [0.1, 0.15) is 16.5 Å². The number of hydrogen-bond donors (Lipinski definition) is 1. The number of sulfone groups is 1. The van der Waals surface area contributed by atoms with Gasteiger partial charge in [-0.1, -0.05) is 12.1 Å². The van der Waals surface area contributed by atoms with Crippen LogP contribution in [0.1, 0.15) is 18.4 Å². The van der Waals surface area contributed by atoms with Crippen molar-refractivity contribution in [3.63, 3.8) is 0 Å². The minimum absolute atomic E-state index is 0.0556. The van der Waals surface area contributed by atoms with E-state index in [4.69, 9.17) is 0 Å². The standard InChI is InChI=1S/C16H17FN2O2S/c1-22(20,21)14-3-2-10-18-15(14)19-11-16(8-9-16)12-4-6-13(17)7-5-12/h2-7,10H,8-9,11H2,1H3,(H,18,19). The number of benzene rings is 1. The van der Waals surface area contributed by atoms with E-state index in [2.05, 4.69) is 10.3 Å². The van der Waals surface area contributed by atoms with Crippen LogP contribution in [-0.2, 0) is 15.3 Å². The molecule has 1 N–H and O–H groups in total. The molecule has 6 heteroatoms. The van der Waals surface area contributed by atoms with E-state index >= 15 is 0 Å². The highest BCUT2D eigenvalue weighted by atomic mass is 32.2. The maximum Gasteiger partial charge on any atom is 0.179 e. The van der Waals surface area contributed by atoms with Crippen molar-refractivity contribution in [2.24, 2.45) is 0 Å². The molecule has 0 atom stereocenters. The summed E-state index contributed by atoms with van der Waals surface area (Å²) in [6, 6.07) is 9.65. The predicted octanol–water partition coefficient (Wildman–Crippen LogP) is 2.77. The van der Waals surface area contributed by atoms with Gasteiger partial charge in [-0.05, 0) is 42.7 Å². The summed E-state index contributed by atoms with van der Waals surface area (Å²) in [5.74, 6) is 0.120. The molecule has 22 heavy (non-hydrogen) atoms. The SMILES string of the molecule is CS(=O)(=O)c1cccnc1NCC1(c2ccc(F)cc2)CC1. The summed E-state index contributed by atoms with van der Waals surface area (Å²) in [6.45, 7) is 0.582. The fourth-order valence-corrected chi connectivity index (χ4v) is 3.40. The number of aromatic nitrogens is 1. The molecule has 1 aromatic heterocycles. The van der Waals surface area contributed by atoms with Crippen LogP contribution in [0.3, 0.4) is 0 Å². The van der Waals surface area contributed by atoms with Gasteiger partial charge in [0, 0.05) is 24.4 Å². The number of rotatable bonds is 5. The van der Waals surface area contributed by atoms with Crippen molar-refractivity contribution in [3.8, 4) is 0 Å². The number of nitrogens with one attached hydrogen (secondary N) is 1. The van der Waals surface area contributed by atoms with Crippen LogP contribution >= 0.6 is 0 Å². The maximum absolute atomic E-state index is 13.0. The van der Waals surface area contributed by atoms with Crippen molar-refractivity contribution in [1.29, 1.82) is 0 Å². The van der Waals surface area contributed by atoms with Crippen LogP contribution in [0.25, 0.3) is 0 Å². The molecule has 1 fully saturated rings. The summed E-state index contributed by atoms with van der Waals surface area (Å²) < 4.78 is 36.6. The predicted molar refractivity (Wildman–Crippen MR) is 83.1 cm³/mol. The van der Waals surface area contributed by atoms with Gasteiger partial charge in [0.15, 0.2) is 9.84 Å². The Bertz CT molecular complexity index is 784. The van der Waals surface area contributed by atoms with Crippen LogP contribution in [-0.4, -0.2) is 26.2 Å². The van der Waals surface area contributed by atoms with E-state index in [1.54, 1.807) is 30.5 Å². The van der Waals surface area contributed by atoms with Crippen molar-refractivity contribution < 1.29 is 12.8 Å². The molecule has 0 radical (unpaired) electrons. The quantitative estimate of drug-likeness (QED) is 0.920. The monoisotopic (exact) mass is 320 g/mol. The van der Waals surface area contributed by atoms with Crippen LogP contribution in [0, 0.1) is 5.82 Å². The fourth-order valence-electron chi connectivity index (χ4n) is 2.60. The highest BCUT2D eigenvalue weighted by molar-refractivity contribution is 7.90. The third-order valence-electron chi connectivity index (χ3n) is 4.07. The second-order valence-electron chi connectivity index (χ2n) is 5.76. The second kappa shape index (κ2) is 5.35. The van der Waals surface area contributed by atoms with Crippen molar-refractivity contribution in [3.05, 3.63) is 54.0 Å². The van der Waals surface area contributed by atoms with Crippen molar-refractivity contribution >= 4 is 15.7 Å². The summed E-state index contributed by atoms with van der Waals surface area (Å²) >= 11 is 0. The Kier molecular flexibility index (Phi) is 3.64. The third kappa shape index (κ3) is 2.97. The average molecular weight is 320 g/mol. The number of hydrogen-bond acceptors (Lipinski definition) is 4. The van der Waals surface area contributed by atoms with Gasteiger partial charge in [-0.2, -0.15) is 0 Å². The lowest BCUT2D eigenvalue weighted by Crippen LogP contribution is -2.21. The summed E-state index contributed by atoms with van der Waals surface area (Å²) in [6.07, 6.45) is 4.72. The molecular weight excluding hydrogens is 303 g/mol. The molecule has 1 aliphatic rings. The smallest absolute Gasteiger partial charge is 0.179 e. The molecule has 0 saturated heterocycles. The molecule has 3 rings (SSSR count). The average Bonchev–Trinajstić information content (AvgIpc) is 3.26. The zero-order valence-corrected chi connectivity index (χ0v) is 13.0. The van der Waals surface area contributed by atoms with Gasteiger partial charge in [0.05, 0.1) is 0 Å². The molecule has 4 nitrogen and oxygen atoms in total. The molecule has 1 aliphatic carbocycles. The second-order valence-corrected chi connectivity index (χ2v) is 7.75. The number of anilines is 1. The van der Waals surface area contributed by atoms with E-state index in [1.807, 2.05) is 0 Å². The summed E-state index contributed by atoms with van der Waals surface area (Å²) in [5.41, 5.74) is 1.01. The summed E-state index contributed by atoms with van der Waals surface area (Å²) in [7, 11) is -3.33. The largest absolute Gasteiger partial charge is 0.368 e. The summed E-state index contributed by atoms with van der Waals surface area (Å²) in [5, 5.41) is 3.15. The Balaban J connectivity index is 1.80. The first-order chi connectivity index (χ1) is 10.4. The molecule has 1 heterocycles. The third-order valence-corrected chi connectivity index (χ3v) is 5.20. The Hall–Kier alpha value is -1.95. The number of pyridine rings is 1. The van der Waals surface area contributed by atoms with Crippen molar-refractivity contribution in [2.45, 2.75) is 23.2 Å². The first-order valence-electron chi connectivity index (χ1n) is 7.06. The molecule has 0 amide bonds. The molecule has 1 saturated carbocycles. The van der Waals surface area contributed by atoms with Gasteiger partial charge in [0.2, 0.25) is 0 Å². The van der Waals surface area contributed by atoms with Gasteiger partial charge in [-0.25, -0.2) is 17.8 Å². The van der Waals surface area contributed by atoms with Crippen LogP contribution in [0.2, 0.25) is 0 Å². The van der Waals surface area contributed by atoms with E-state index in [0.29, 0.717) is 12.4 Å². The topological polar surface area (TPSA) is 59.1 Å². The van der Waals surface area contributed by atoms with E-state index in [1.165, 1.54) is 18.4 Å². The highest BCUT2D eigenvalue weighted by Crippen LogP contribution is 2.48. The Morgan fingerprint density at radius 2 is 1.91 bits per heavy atom. The van der Waals surface area contributed by atoms with Gasteiger partial charge in [0.25, 0.3) is 0 Å². The Morgan fingerprint density at radius 3 is 2.50 bits per heavy atom. The molecule has 0 spiro atoms. The minimum Gasteiger partial charge on any atom is -0.368 e.